The van der Waals surface area contributed by atoms with Crippen molar-refractivity contribution in [3.8, 4) is 11.1 Å². The first-order valence-electron chi connectivity index (χ1n) is 15.5. The van der Waals surface area contributed by atoms with E-state index in [2.05, 4.69) is 181 Å². The average Bonchev–Trinajstić information content (AvgIpc) is 3.12. The fourth-order valence-electron chi connectivity index (χ4n) is 7.21. The van der Waals surface area contributed by atoms with Gasteiger partial charge in [0, 0.05) is 17.1 Å². The van der Waals surface area contributed by atoms with E-state index in [1.807, 2.05) is 0 Å². The number of para-hydroxylation sites is 2. The van der Waals surface area contributed by atoms with Crippen LogP contribution in [0.15, 0.2) is 176 Å². The molecule has 1 heteroatoms. The van der Waals surface area contributed by atoms with Crippen molar-refractivity contribution >= 4 is 70.9 Å². The smallest absolute Gasteiger partial charge is 0.0462 e. The molecule has 1 nitrogen and oxygen atoms in total. The third kappa shape index (κ3) is 4.09. The van der Waals surface area contributed by atoms with Gasteiger partial charge < -0.3 is 4.90 Å². The number of hydrogen-bond donors (Lipinski definition) is 0. The minimum atomic E-state index is 1.13. The van der Waals surface area contributed by atoms with Crippen LogP contribution in [-0.4, -0.2) is 0 Å². The number of benzene rings is 9. The van der Waals surface area contributed by atoms with Gasteiger partial charge in [-0.15, -0.1) is 0 Å². The predicted molar refractivity (Wildman–Crippen MR) is 194 cm³/mol. The number of hydrogen-bond acceptors (Lipinski definition) is 1. The molecule has 0 fully saturated rings. The average molecular weight is 572 g/mol. The lowest BCUT2D eigenvalue weighted by Gasteiger charge is -2.25. The van der Waals surface area contributed by atoms with Crippen molar-refractivity contribution in [1.29, 1.82) is 0 Å². The van der Waals surface area contributed by atoms with E-state index in [4.69, 9.17) is 0 Å². The Morgan fingerprint density at radius 1 is 0.244 bits per heavy atom. The number of rotatable bonds is 4. The molecule has 0 N–H and O–H groups in total. The highest BCUT2D eigenvalue weighted by atomic mass is 15.1. The van der Waals surface area contributed by atoms with E-state index in [1.165, 1.54) is 65.0 Å². The lowest BCUT2D eigenvalue weighted by Crippen LogP contribution is -2.09. The summed E-state index contributed by atoms with van der Waals surface area (Å²) in [5.74, 6) is 0. The van der Waals surface area contributed by atoms with Gasteiger partial charge in [0.15, 0.2) is 0 Å². The van der Waals surface area contributed by atoms with Crippen molar-refractivity contribution in [2.45, 2.75) is 0 Å². The summed E-state index contributed by atoms with van der Waals surface area (Å²) in [6.45, 7) is 0. The predicted octanol–water partition coefficient (Wildman–Crippen LogP) is 12.6. The summed E-state index contributed by atoms with van der Waals surface area (Å²) >= 11 is 0. The van der Waals surface area contributed by atoms with Gasteiger partial charge in [0.1, 0.15) is 0 Å². The maximum absolute atomic E-state index is 2.39. The van der Waals surface area contributed by atoms with Crippen molar-refractivity contribution in [3.63, 3.8) is 0 Å². The number of nitrogens with zero attached hydrogens (tertiary/aromatic N) is 1. The minimum absolute atomic E-state index is 1.13. The molecule has 9 rings (SSSR count). The van der Waals surface area contributed by atoms with Gasteiger partial charge in [0.25, 0.3) is 0 Å². The second-order valence-corrected chi connectivity index (χ2v) is 11.7. The first-order valence-corrected chi connectivity index (χ1v) is 15.5. The van der Waals surface area contributed by atoms with Gasteiger partial charge in [-0.1, -0.05) is 133 Å². The van der Waals surface area contributed by atoms with E-state index in [1.54, 1.807) is 0 Å². The summed E-state index contributed by atoms with van der Waals surface area (Å²) in [5.41, 5.74) is 5.83. The summed E-state index contributed by atoms with van der Waals surface area (Å²) in [5, 5.41) is 13.1. The van der Waals surface area contributed by atoms with Gasteiger partial charge in [0.05, 0.1) is 0 Å². The van der Waals surface area contributed by atoms with Crippen LogP contribution in [0.5, 0.6) is 0 Å². The Morgan fingerprint density at radius 3 is 1.09 bits per heavy atom. The molecule has 0 bridgehead atoms. The van der Waals surface area contributed by atoms with Crippen LogP contribution in [0.3, 0.4) is 0 Å². The van der Waals surface area contributed by atoms with E-state index in [0.29, 0.717) is 0 Å². The van der Waals surface area contributed by atoms with Crippen LogP contribution in [0.1, 0.15) is 0 Å². The molecule has 0 atom stereocenters. The molecule has 0 aliphatic carbocycles. The molecular weight excluding hydrogens is 542 g/mol. The maximum Gasteiger partial charge on any atom is 0.0462 e. The molecule has 9 aromatic carbocycles. The summed E-state index contributed by atoms with van der Waals surface area (Å²) in [6.07, 6.45) is 0. The second kappa shape index (κ2) is 10.4. The van der Waals surface area contributed by atoms with E-state index >= 15 is 0 Å². The zero-order valence-electron chi connectivity index (χ0n) is 24.7. The normalized spacial score (nSPS) is 11.6. The van der Waals surface area contributed by atoms with Gasteiger partial charge in [0.2, 0.25) is 0 Å². The summed E-state index contributed by atoms with van der Waals surface area (Å²) in [4.78, 5) is 2.30. The van der Waals surface area contributed by atoms with E-state index in [-0.39, 0.29) is 0 Å². The standard InChI is InChI=1S/C44H29N/c1-3-13-32(14-4-1)45(33-15-5-2-6-16-33)34-26-23-30(24-27-34)31-25-28-41-42(29-31)37-19-9-12-22-40(37)43-38-20-10-7-17-35(38)36-18-8-11-21-39(36)44(41)43/h1-29H. The Kier molecular flexibility index (Phi) is 5.89. The van der Waals surface area contributed by atoms with Crippen molar-refractivity contribution in [2.24, 2.45) is 0 Å². The molecule has 0 unspecified atom stereocenters. The van der Waals surface area contributed by atoms with Crippen molar-refractivity contribution in [2.75, 3.05) is 4.90 Å². The molecule has 0 amide bonds. The Bertz CT molecular complexity index is 2470. The molecule has 9 aromatic rings. The molecule has 0 aliphatic rings. The molecule has 0 aliphatic heterocycles. The highest BCUT2D eigenvalue weighted by Crippen LogP contribution is 2.44. The molecule has 210 valence electrons. The van der Waals surface area contributed by atoms with E-state index in [0.717, 1.165) is 17.1 Å². The third-order valence-corrected chi connectivity index (χ3v) is 9.20. The molecule has 0 aromatic heterocycles. The van der Waals surface area contributed by atoms with Crippen molar-refractivity contribution < 1.29 is 0 Å². The summed E-state index contributed by atoms with van der Waals surface area (Å²) in [6, 6.07) is 63.8. The lowest BCUT2D eigenvalue weighted by molar-refractivity contribution is 1.28. The molecule has 0 saturated carbocycles. The van der Waals surface area contributed by atoms with Crippen LogP contribution >= 0.6 is 0 Å². The van der Waals surface area contributed by atoms with Crippen LogP contribution < -0.4 is 4.90 Å². The minimum Gasteiger partial charge on any atom is -0.311 e. The molecule has 45 heavy (non-hydrogen) atoms. The van der Waals surface area contributed by atoms with Gasteiger partial charge in [-0.2, -0.15) is 0 Å². The molecule has 0 saturated heterocycles. The van der Waals surface area contributed by atoms with Crippen LogP contribution in [0.4, 0.5) is 17.1 Å². The van der Waals surface area contributed by atoms with Crippen LogP contribution in [0, 0.1) is 0 Å². The monoisotopic (exact) mass is 571 g/mol. The first-order chi connectivity index (χ1) is 22.3. The number of fused-ring (bicyclic) bond motifs is 11. The van der Waals surface area contributed by atoms with Crippen molar-refractivity contribution in [1.82, 2.24) is 0 Å². The van der Waals surface area contributed by atoms with Crippen LogP contribution in [-0.2, 0) is 0 Å². The summed E-state index contributed by atoms with van der Waals surface area (Å²) in [7, 11) is 0. The fourth-order valence-corrected chi connectivity index (χ4v) is 7.21. The fraction of sp³-hybridized carbons (Fsp3) is 0. The summed E-state index contributed by atoms with van der Waals surface area (Å²) < 4.78 is 0. The largest absolute Gasteiger partial charge is 0.311 e. The van der Waals surface area contributed by atoms with Gasteiger partial charge in [-0.25, -0.2) is 0 Å². The quantitative estimate of drug-likeness (QED) is 0.190. The maximum atomic E-state index is 2.39. The molecular formula is C44H29N. The third-order valence-electron chi connectivity index (χ3n) is 9.20. The van der Waals surface area contributed by atoms with Crippen molar-refractivity contribution in [3.05, 3.63) is 176 Å². The Hall–Kier alpha value is -5.92. The SMILES string of the molecule is c1ccc(N(c2ccccc2)c2ccc(-c3ccc4c(c3)c3ccccc3c3c5ccccc5c5ccccc5c43)cc2)cc1. The Balaban J connectivity index is 1.25. The first kappa shape index (κ1) is 25.6. The van der Waals surface area contributed by atoms with E-state index in [9.17, 15) is 0 Å². The van der Waals surface area contributed by atoms with Gasteiger partial charge >= 0.3 is 0 Å². The topological polar surface area (TPSA) is 3.24 Å². The molecule has 0 radical (unpaired) electrons. The lowest BCUT2D eigenvalue weighted by atomic mass is 9.86. The zero-order valence-corrected chi connectivity index (χ0v) is 24.7. The Morgan fingerprint density at radius 2 is 0.600 bits per heavy atom. The van der Waals surface area contributed by atoms with Crippen LogP contribution in [0.25, 0.3) is 65.0 Å². The number of anilines is 3. The molecule has 0 spiro atoms. The molecule has 0 heterocycles. The van der Waals surface area contributed by atoms with Crippen LogP contribution in [0.2, 0.25) is 0 Å². The highest BCUT2D eigenvalue weighted by molar-refractivity contribution is 6.39. The van der Waals surface area contributed by atoms with E-state index < -0.39 is 0 Å². The highest BCUT2D eigenvalue weighted by Gasteiger charge is 2.17. The zero-order chi connectivity index (χ0) is 29.7. The van der Waals surface area contributed by atoms with Gasteiger partial charge in [-0.3, -0.25) is 0 Å². The Labute approximate surface area is 262 Å². The van der Waals surface area contributed by atoms with Gasteiger partial charge in [-0.05, 0) is 107 Å². The second-order valence-electron chi connectivity index (χ2n) is 11.7.